The number of rotatable bonds is 15. The van der Waals surface area contributed by atoms with Crippen molar-refractivity contribution in [3.05, 3.63) is 66.8 Å². The highest BCUT2D eigenvalue weighted by molar-refractivity contribution is 7.61. The van der Waals surface area contributed by atoms with Crippen molar-refractivity contribution in [2.24, 2.45) is 11.7 Å². The van der Waals surface area contributed by atoms with Crippen LogP contribution in [0.4, 0.5) is 5.82 Å². The van der Waals surface area contributed by atoms with Crippen LogP contribution in [-0.2, 0) is 45.8 Å². The second-order valence-electron chi connectivity index (χ2n) is 12.3. The molecule has 2 fully saturated rings. The summed E-state index contributed by atoms with van der Waals surface area (Å²) in [4.78, 5) is 80.3. The topological polar surface area (TPSA) is 395 Å². The van der Waals surface area contributed by atoms with Gasteiger partial charge in [0, 0.05) is 18.0 Å². The van der Waals surface area contributed by atoms with E-state index in [1.165, 1.54) is 43.0 Å². The minimum atomic E-state index is -5.58. The number of ketones is 1. The van der Waals surface area contributed by atoms with Gasteiger partial charge < -0.3 is 55.8 Å². The Kier molecular flexibility index (Phi) is 12.1. The maximum Gasteiger partial charge on any atom is 0.481 e. The zero-order valence-corrected chi connectivity index (χ0v) is 30.8. The average Bonchev–Trinajstić information content (AvgIpc) is 3.78. The Labute approximate surface area is 313 Å². The highest BCUT2D eigenvalue weighted by Crippen LogP contribution is 2.61. The van der Waals surface area contributed by atoms with Crippen molar-refractivity contribution in [1.29, 1.82) is 0 Å². The number of aliphatic hydroxyl groups excluding tert-OH is 3. The number of fused-ring (bicyclic) bond motifs is 1. The third-order valence-corrected chi connectivity index (χ3v) is 11.7. The van der Waals surface area contributed by atoms with Gasteiger partial charge in [-0.15, -0.1) is 0 Å². The zero-order valence-electron chi connectivity index (χ0n) is 28.2. The van der Waals surface area contributed by atoms with Gasteiger partial charge in [0.15, 0.2) is 29.6 Å². The number of carbonyl (C=O) groups is 2. The van der Waals surface area contributed by atoms with Crippen LogP contribution in [0.15, 0.2) is 61.2 Å². The van der Waals surface area contributed by atoms with Crippen molar-refractivity contribution in [1.82, 2.24) is 24.5 Å². The monoisotopic (exact) mass is 851 g/mol. The molecule has 29 heteroatoms. The lowest BCUT2D eigenvalue weighted by molar-refractivity contribution is -0.853. The molecule has 3 aliphatic rings. The number of quaternary nitrogens is 1. The minimum Gasteiger partial charge on any atom is -0.387 e. The van der Waals surface area contributed by atoms with E-state index in [4.69, 9.17) is 34.5 Å². The molecule has 6 heterocycles. The zero-order chi connectivity index (χ0) is 40.7. The maximum absolute atomic E-state index is 13.0. The molecular weight excluding hydrogens is 817 g/mol. The molecule has 0 radical (unpaired) electrons. The molecule has 6 rings (SSSR count). The van der Waals surface area contributed by atoms with Crippen molar-refractivity contribution in [3.63, 3.8) is 0 Å². The van der Waals surface area contributed by atoms with Crippen LogP contribution in [0, 0.1) is 5.92 Å². The SMILES string of the molecule is NC(=O)C1=C[NH+]([C@@H]2O[C@H](COP(=O)(O)OP(=O)(O)OC[C@H]3O[C@@H](n4cnc5c(N)ncnc54)[C@H](OP(=O)(O)O)[C@@H]3O)[C@@H](O)[C@H]2O)C=C[C@@H]1C(=O)c1ccncc1. The number of primary amides is 1. The van der Waals surface area contributed by atoms with Crippen LogP contribution in [0.2, 0.25) is 0 Å². The van der Waals surface area contributed by atoms with Crippen LogP contribution < -0.4 is 16.4 Å². The third-order valence-electron chi connectivity index (χ3n) is 8.60. The Balaban J connectivity index is 1.06. The molecule has 0 spiro atoms. The van der Waals surface area contributed by atoms with E-state index in [0.717, 1.165) is 17.2 Å². The number of Topliss-reactive ketones (excluding diaryl/α,β-unsaturated/α-hetero) is 1. The van der Waals surface area contributed by atoms with Gasteiger partial charge in [-0.25, -0.2) is 28.6 Å². The number of hydrogen-bond donors (Lipinski definition) is 10. The summed E-state index contributed by atoms with van der Waals surface area (Å²) in [7, 11) is -16.4. The van der Waals surface area contributed by atoms with E-state index in [1.54, 1.807) is 0 Å². The first-order valence-corrected chi connectivity index (χ1v) is 20.5. The first-order chi connectivity index (χ1) is 26.2. The van der Waals surface area contributed by atoms with Crippen molar-refractivity contribution >= 4 is 52.1 Å². The highest BCUT2D eigenvalue weighted by Gasteiger charge is 2.52. The Bertz CT molecular complexity index is 2170. The number of anilines is 1. The smallest absolute Gasteiger partial charge is 0.387 e. The fraction of sp³-hybridized carbons (Fsp3) is 0.407. The van der Waals surface area contributed by atoms with Gasteiger partial charge in [-0.1, -0.05) is 0 Å². The molecule has 12 N–H and O–H groups in total. The fourth-order valence-corrected chi connectivity index (χ4v) is 8.67. The molecular formula is C27H34N8O18P3+. The molecule has 0 saturated carbocycles. The molecule has 3 aromatic rings. The van der Waals surface area contributed by atoms with E-state index < -0.39 is 103 Å². The van der Waals surface area contributed by atoms with Crippen molar-refractivity contribution < 1.29 is 90.4 Å². The first-order valence-electron chi connectivity index (χ1n) is 15.9. The number of nitrogens with one attached hydrogen (secondary N) is 1. The van der Waals surface area contributed by atoms with Crippen LogP contribution in [0.5, 0.6) is 0 Å². The fourth-order valence-electron chi connectivity index (χ4n) is 6.04. The number of hydrogen-bond acceptors (Lipinski definition) is 19. The van der Waals surface area contributed by atoms with Crippen molar-refractivity contribution in [2.75, 3.05) is 18.9 Å². The van der Waals surface area contributed by atoms with Gasteiger partial charge in [-0.05, 0) is 18.2 Å². The number of aromatic nitrogens is 5. The highest BCUT2D eigenvalue weighted by atomic mass is 31.3. The van der Waals surface area contributed by atoms with Gasteiger partial charge in [0.25, 0.3) is 5.91 Å². The molecule has 12 atom stereocenters. The molecule has 3 aromatic heterocycles. The van der Waals surface area contributed by atoms with Crippen LogP contribution in [-0.4, -0.2) is 127 Å². The predicted molar refractivity (Wildman–Crippen MR) is 179 cm³/mol. The number of nitrogens with two attached hydrogens (primary N) is 2. The van der Waals surface area contributed by atoms with E-state index in [0.29, 0.717) is 0 Å². The molecule has 304 valence electrons. The number of imidazole rings is 1. The number of ether oxygens (including phenoxy) is 2. The van der Waals surface area contributed by atoms with E-state index in [9.17, 15) is 58.2 Å². The summed E-state index contributed by atoms with van der Waals surface area (Å²) >= 11 is 0. The number of nitrogen functional groups attached to an aromatic ring is 1. The molecule has 0 aliphatic carbocycles. The van der Waals surface area contributed by atoms with Crippen LogP contribution in [0.1, 0.15) is 16.6 Å². The van der Waals surface area contributed by atoms with Gasteiger partial charge >= 0.3 is 23.5 Å². The normalized spacial score (nSPS) is 31.5. The van der Waals surface area contributed by atoms with Crippen molar-refractivity contribution in [2.45, 2.75) is 49.1 Å². The Morgan fingerprint density at radius 2 is 1.55 bits per heavy atom. The van der Waals surface area contributed by atoms with E-state index >= 15 is 0 Å². The summed E-state index contributed by atoms with van der Waals surface area (Å²) in [6, 6.07) is 2.88. The number of amides is 1. The Morgan fingerprint density at radius 3 is 2.18 bits per heavy atom. The summed E-state index contributed by atoms with van der Waals surface area (Å²) < 4.78 is 67.9. The van der Waals surface area contributed by atoms with E-state index in [1.807, 2.05) is 0 Å². The molecule has 1 amide bonds. The van der Waals surface area contributed by atoms with Crippen LogP contribution in [0.3, 0.4) is 0 Å². The second kappa shape index (κ2) is 16.2. The number of nitrogens with zero attached hydrogens (tertiary/aromatic N) is 5. The number of pyridine rings is 1. The van der Waals surface area contributed by atoms with Gasteiger partial charge in [0.2, 0.25) is 6.23 Å². The lowest BCUT2D eigenvalue weighted by atomic mass is 9.89. The van der Waals surface area contributed by atoms with Crippen molar-refractivity contribution in [3.8, 4) is 0 Å². The number of phosphoric acid groups is 3. The first kappa shape index (κ1) is 41.9. The quantitative estimate of drug-likeness (QED) is 0.0524. The minimum absolute atomic E-state index is 0.0110. The van der Waals surface area contributed by atoms with Gasteiger partial charge in [0.05, 0.1) is 37.2 Å². The number of aliphatic hydroxyl groups is 3. The molecule has 0 aromatic carbocycles. The average molecular weight is 852 g/mol. The molecule has 0 bridgehead atoms. The molecule has 3 aliphatic heterocycles. The molecule has 2 saturated heterocycles. The number of carbonyl (C=O) groups excluding carboxylic acids is 2. The van der Waals surface area contributed by atoms with Gasteiger partial charge in [-0.2, -0.15) is 4.31 Å². The lowest BCUT2D eigenvalue weighted by Gasteiger charge is -2.25. The Hall–Kier alpha value is -3.75. The second-order valence-corrected chi connectivity index (χ2v) is 16.5. The molecule has 56 heavy (non-hydrogen) atoms. The van der Waals surface area contributed by atoms with Crippen LogP contribution >= 0.6 is 23.5 Å². The largest absolute Gasteiger partial charge is 0.481 e. The van der Waals surface area contributed by atoms with Gasteiger partial charge in [-0.3, -0.25) is 37.6 Å². The number of allylic oxidation sites excluding steroid dienone is 1. The third kappa shape index (κ3) is 9.18. The maximum atomic E-state index is 13.0. The Morgan fingerprint density at radius 1 is 0.911 bits per heavy atom. The van der Waals surface area contributed by atoms with E-state index in [2.05, 4.69) is 24.2 Å². The summed E-state index contributed by atoms with van der Waals surface area (Å²) in [5, 5.41) is 32.2. The molecule has 3 unspecified atom stereocenters. The van der Waals surface area contributed by atoms with E-state index in [-0.39, 0.29) is 33.0 Å². The standard InChI is InChI=1S/C27H33N8O18P3/c28-23-17-25(32-10-31-23)35(11-33-17)27-22(52-54(41,42)43)20(38)16(51-27)9-49-56(46,47)53-55(44,45)48-8-15-19(37)21(39)26(50-15)34-6-3-13(14(7-34)24(29)40)18(36)12-1-4-30-5-2-12/h1-7,10-11,13,15-16,19-22,26-27,37-39H,8-9H2,(H2,29,40)(H,44,45)(H,46,47)(H2,28,31,32)(H2,41,42,43)/p+1/t13-,15+,16+,19+,20+,21+,22+,26+,27+/m0/s1. The summed E-state index contributed by atoms with van der Waals surface area (Å²) in [6.45, 7) is -2.12. The summed E-state index contributed by atoms with van der Waals surface area (Å²) in [6.07, 6.45) is -4.77. The lowest BCUT2D eigenvalue weighted by Crippen LogP contribution is -3.09. The van der Waals surface area contributed by atoms with Crippen LogP contribution in [0.25, 0.3) is 11.2 Å². The van der Waals surface area contributed by atoms with Gasteiger partial charge in [0.1, 0.15) is 48.6 Å². The summed E-state index contributed by atoms with van der Waals surface area (Å²) in [5.74, 6) is -2.60. The summed E-state index contributed by atoms with van der Waals surface area (Å²) in [5.41, 5.74) is 11.4. The predicted octanol–water partition coefficient (Wildman–Crippen LogP) is -3.48. The molecule has 26 nitrogen and oxygen atoms in total. The number of phosphoric ester groups is 3.